The highest BCUT2D eigenvalue weighted by atomic mass is 16.3. The zero-order valence-corrected chi connectivity index (χ0v) is 9.43. The van der Waals surface area contributed by atoms with Crippen molar-refractivity contribution in [2.45, 2.75) is 38.2 Å². The lowest BCUT2D eigenvalue weighted by atomic mass is 9.88. The Hall–Kier alpha value is -1.15. The van der Waals surface area contributed by atoms with Crippen molar-refractivity contribution in [2.24, 2.45) is 5.92 Å². The number of hydrogen-bond acceptors (Lipinski definition) is 2. The molecule has 0 spiro atoms. The van der Waals surface area contributed by atoms with Gasteiger partial charge >= 0.3 is 0 Å². The molecule has 2 rings (SSSR count). The fourth-order valence-corrected chi connectivity index (χ4v) is 2.40. The molecule has 0 amide bonds. The predicted molar refractivity (Wildman–Crippen MR) is 63.0 cm³/mol. The van der Waals surface area contributed by atoms with Crippen LogP contribution in [0.1, 0.15) is 43.8 Å². The average molecular weight is 218 g/mol. The number of Topliss-reactive ketones (excluding diaryl/α,β-unsaturated/α-hetero) is 1. The molecule has 1 fully saturated rings. The zero-order valence-electron chi connectivity index (χ0n) is 9.43. The van der Waals surface area contributed by atoms with Crippen LogP contribution in [0.15, 0.2) is 30.3 Å². The first-order valence-electron chi connectivity index (χ1n) is 6.05. The Labute approximate surface area is 96.3 Å². The Morgan fingerprint density at radius 3 is 2.62 bits per heavy atom. The summed E-state index contributed by atoms with van der Waals surface area (Å²) in [5.41, 5.74) is 0.864. The van der Waals surface area contributed by atoms with Crippen molar-refractivity contribution in [2.75, 3.05) is 0 Å². The van der Waals surface area contributed by atoms with Crippen LogP contribution in [0.25, 0.3) is 0 Å². The molecule has 0 bridgehead atoms. The SMILES string of the molecule is O=C1CCCCC[C@@H]1[C@H](O)c1ccccc1. The highest BCUT2D eigenvalue weighted by Gasteiger charge is 2.28. The molecule has 1 saturated carbocycles. The number of hydrogen-bond donors (Lipinski definition) is 1. The maximum atomic E-state index is 11.9. The highest BCUT2D eigenvalue weighted by molar-refractivity contribution is 5.81. The lowest BCUT2D eigenvalue weighted by Crippen LogP contribution is -2.21. The van der Waals surface area contributed by atoms with Gasteiger partial charge in [-0.1, -0.05) is 43.2 Å². The maximum absolute atomic E-state index is 11.9. The molecule has 1 N–H and O–H groups in total. The molecule has 0 saturated heterocycles. The first-order chi connectivity index (χ1) is 7.79. The lowest BCUT2D eigenvalue weighted by molar-refractivity contribution is -0.126. The molecule has 0 radical (unpaired) electrons. The Kier molecular flexibility index (Phi) is 3.73. The summed E-state index contributed by atoms with van der Waals surface area (Å²) < 4.78 is 0. The number of rotatable bonds is 2. The second-order valence-corrected chi connectivity index (χ2v) is 4.53. The summed E-state index contributed by atoms with van der Waals surface area (Å²) in [7, 11) is 0. The molecule has 2 nitrogen and oxygen atoms in total. The van der Waals surface area contributed by atoms with Crippen molar-refractivity contribution >= 4 is 5.78 Å². The fraction of sp³-hybridized carbons (Fsp3) is 0.500. The van der Waals surface area contributed by atoms with Gasteiger partial charge in [0.2, 0.25) is 0 Å². The van der Waals surface area contributed by atoms with E-state index in [0.717, 1.165) is 31.2 Å². The highest BCUT2D eigenvalue weighted by Crippen LogP contribution is 2.31. The van der Waals surface area contributed by atoms with Gasteiger partial charge in [-0.25, -0.2) is 0 Å². The third kappa shape index (κ3) is 2.50. The normalized spacial score (nSPS) is 23.8. The summed E-state index contributed by atoms with van der Waals surface area (Å²) in [4.78, 5) is 11.9. The van der Waals surface area contributed by atoms with Gasteiger partial charge in [-0.3, -0.25) is 4.79 Å². The van der Waals surface area contributed by atoms with Crippen molar-refractivity contribution in [3.8, 4) is 0 Å². The summed E-state index contributed by atoms with van der Waals surface area (Å²) in [6.07, 6.45) is 4.00. The quantitative estimate of drug-likeness (QED) is 0.775. The van der Waals surface area contributed by atoms with Crippen molar-refractivity contribution in [3.63, 3.8) is 0 Å². The molecule has 1 aromatic rings. The number of aliphatic hydroxyl groups is 1. The molecule has 1 aromatic carbocycles. The molecule has 2 heteroatoms. The van der Waals surface area contributed by atoms with E-state index in [2.05, 4.69) is 0 Å². The van der Waals surface area contributed by atoms with Gasteiger partial charge in [0.05, 0.1) is 6.10 Å². The number of ketones is 1. The van der Waals surface area contributed by atoms with Gasteiger partial charge in [0.1, 0.15) is 5.78 Å². The molecule has 1 aliphatic carbocycles. The van der Waals surface area contributed by atoms with E-state index in [0.29, 0.717) is 6.42 Å². The summed E-state index contributed by atoms with van der Waals surface area (Å²) >= 11 is 0. The van der Waals surface area contributed by atoms with Crippen LogP contribution in [0.4, 0.5) is 0 Å². The minimum Gasteiger partial charge on any atom is -0.388 e. The van der Waals surface area contributed by atoms with Crippen LogP contribution in [0.2, 0.25) is 0 Å². The van der Waals surface area contributed by atoms with Gasteiger partial charge in [0.15, 0.2) is 0 Å². The number of carbonyl (C=O) groups excluding carboxylic acids is 1. The third-order valence-corrected chi connectivity index (χ3v) is 3.37. The third-order valence-electron chi connectivity index (χ3n) is 3.37. The van der Waals surface area contributed by atoms with Crippen LogP contribution in [0.3, 0.4) is 0 Å². The topological polar surface area (TPSA) is 37.3 Å². The molecule has 2 atom stereocenters. The van der Waals surface area contributed by atoms with Crippen LogP contribution >= 0.6 is 0 Å². The van der Waals surface area contributed by atoms with Gasteiger partial charge < -0.3 is 5.11 Å². The maximum Gasteiger partial charge on any atom is 0.138 e. The van der Waals surface area contributed by atoms with E-state index in [9.17, 15) is 9.90 Å². The number of benzene rings is 1. The van der Waals surface area contributed by atoms with E-state index in [1.807, 2.05) is 30.3 Å². The second kappa shape index (κ2) is 5.26. The molecular formula is C14H18O2. The van der Waals surface area contributed by atoms with Gasteiger partial charge in [-0.15, -0.1) is 0 Å². The van der Waals surface area contributed by atoms with Crippen molar-refractivity contribution in [1.82, 2.24) is 0 Å². The summed E-state index contributed by atoms with van der Waals surface area (Å²) in [5, 5.41) is 10.2. The first kappa shape index (κ1) is 11.3. The van der Waals surface area contributed by atoms with Crippen LogP contribution in [-0.4, -0.2) is 10.9 Å². The van der Waals surface area contributed by atoms with E-state index in [1.165, 1.54) is 0 Å². The van der Waals surface area contributed by atoms with E-state index in [4.69, 9.17) is 0 Å². The first-order valence-corrected chi connectivity index (χ1v) is 6.05. The molecule has 0 aromatic heterocycles. The number of carbonyl (C=O) groups is 1. The summed E-state index contributed by atoms with van der Waals surface area (Å²) in [5.74, 6) is 0.0405. The molecule has 86 valence electrons. The fourth-order valence-electron chi connectivity index (χ4n) is 2.40. The monoisotopic (exact) mass is 218 g/mol. The van der Waals surface area contributed by atoms with Gasteiger partial charge in [-0.2, -0.15) is 0 Å². The largest absolute Gasteiger partial charge is 0.388 e. The predicted octanol–water partition coefficient (Wildman–Crippen LogP) is 2.87. The molecular weight excluding hydrogens is 200 g/mol. The molecule has 0 unspecified atom stereocenters. The molecule has 0 aliphatic heterocycles. The average Bonchev–Trinajstić information content (AvgIpc) is 2.54. The van der Waals surface area contributed by atoms with Crippen LogP contribution < -0.4 is 0 Å². The van der Waals surface area contributed by atoms with Crippen LogP contribution in [-0.2, 0) is 4.79 Å². The Balaban J connectivity index is 2.13. The van der Waals surface area contributed by atoms with Crippen molar-refractivity contribution in [3.05, 3.63) is 35.9 Å². The van der Waals surface area contributed by atoms with Crippen LogP contribution in [0, 0.1) is 5.92 Å². The van der Waals surface area contributed by atoms with Crippen molar-refractivity contribution < 1.29 is 9.90 Å². The Morgan fingerprint density at radius 1 is 1.12 bits per heavy atom. The minimum atomic E-state index is -0.619. The lowest BCUT2D eigenvalue weighted by Gasteiger charge is -2.20. The standard InChI is InChI=1S/C14H18O2/c15-13-10-6-2-5-9-12(13)14(16)11-7-3-1-4-8-11/h1,3-4,7-8,12,14,16H,2,5-6,9-10H2/t12-,14+/m0/s1. The molecule has 1 aliphatic rings. The number of aliphatic hydroxyl groups excluding tert-OH is 1. The van der Waals surface area contributed by atoms with E-state index in [-0.39, 0.29) is 11.7 Å². The van der Waals surface area contributed by atoms with Gasteiger partial charge in [0.25, 0.3) is 0 Å². The Morgan fingerprint density at radius 2 is 1.88 bits per heavy atom. The minimum absolute atomic E-state index is 0.190. The van der Waals surface area contributed by atoms with Gasteiger partial charge in [0, 0.05) is 12.3 Å². The van der Waals surface area contributed by atoms with Gasteiger partial charge in [-0.05, 0) is 18.4 Å². The second-order valence-electron chi connectivity index (χ2n) is 4.53. The zero-order chi connectivity index (χ0) is 11.4. The summed E-state index contributed by atoms with van der Waals surface area (Å²) in [6, 6.07) is 9.51. The molecule has 16 heavy (non-hydrogen) atoms. The Bertz CT molecular complexity index is 345. The van der Waals surface area contributed by atoms with E-state index < -0.39 is 6.10 Å². The van der Waals surface area contributed by atoms with Crippen molar-refractivity contribution in [1.29, 1.82) is 0 Å². The van der Waals surface area contributed by atoms with E-state index in [1.54, 1.807) is 0 Å². The smallest absolute Gasteiger partial charge is 0.138 e. The van der Waals surface area contributed by atoms with Crippen LogP contribution in [0.5, 0.6) is 0 Å². The molecule has 0 heterocycles. The summed E-state index contributed by atoms with van der Waals surface area (Å²) in [6.45, 7) is 0. The van der Waals surface area contributed by atoms with E-state index >= 15 is 0 Å².